The average Bonchev–Trinajstić information content (AvgIpc) is 3.37. The number of ether oxygens (including phenoxy) is 2. The lowest BCUT2D eigenvalue weighted by Gasteiger charge is -2.35. The highest BCUT2D eigenvalue weighted by molar-refractivity contribution is 5.90. The SMILES string of the molecule is CCc1c2c(nc3ccc(O)cc13)-c1cc3c(c(=O)n1C2)COC(=O)[C@@]3(CC)OC(=O)CCCCCCCCC(=O)NO. The zero-order valence-corrected chi connectivity index (χ0v) is 24.5. The van der Waals surface area contributed by atoms with Crippen molar-refractivity contribution in [2.45, 2.75) is 96.8 Å². The molecule has 0 saturated carbocycles. The van der Waals surface area contributed by atoms with Crippen molar-refractivity contribution in [1.82, 2.24) is 15.0 Å². The number of carbonyl (C=O) groups excluding carboxylic acids is 3. The van der Waals surface area contributed by atoms with Crippen molar-refractivity contribution in [3.8, 4) is 17.1 Å². The zero-order valence-electron chi connectivity index (χ0n) is 24.5. The standard InChI is InChI=1S/C32H37N3O8/c1-3-20-21-15-19(36)13-14-25(21)33-29-22(20)17-35-26(29)16-24-23(30(35)39)18-42-31(40)32(24,4-2)43-28(38)12-10-8-6-5-7-9-11-27(37)34-41/h13-16,36,41H,3-12,17-18H2,1-2H3,(H,34,37)/t32-/m0/s1. The van der Waals surface area contributed by atoms with Crippen LogP contribution >= 0.6 is 0 Å². The van der Waals surface area contributed by atoms with Crippen molar-refractivity contribution in [1.29, 1.82) is 0 Å². The number of hydrogen-bond donors (Lipinski definition) is 3. The van der Waals surface area contributed by atoms with Crippen molar-refractivity contribution >= 4 is 28.7 Å². The highest BCUT2D eigenvalue weighted by Gasteiger charge is 2.50. The summed E-state index contributed by atoms with van der Waals surface area (Å²) in [6, 6.07) is 6.77. The number of unbranched alkanes of at least 4 members (excludes halogenated alkanes) is 5. The van der Waals surface area contributed by atoms with Gasteiger partial charge < -0.3 is 19.1 Å². The first-order valence-electron chi connectivity index (χ1n) is 15.0. The third-order valence-electron chi connectivity index (χ3n) is 8.56. The van der Waals surface area contributed by atoms with Gasteiger partial charge in [0, 0.05) is 29.4 Å². The zero-order chi connectivity index (χ0) is 30.7. The summed E-state index contributed by atoms with van der Waals surface area (Å²) in [6.07, 6.45) is 5.81. The number of benzene rings is 1. The number of nitrogens with zero attached hydrogens (tertiary/aromatic N) is 2. The fraction of sp³-hybridized carbons (Fsp3) is 0.469. The van der Waals surface area contributed by atoms with E-state index in [9.17, 15) is 24.3 Å². The fourth-order valence-electron chi connectivity index (χ4n) is 6.27. The number of rotatable bonds is 12. The molecule has 0 spiro atoms. The first-order valence-corrected chi connectivity index (χ1v) is 15.0. The summed E-state index contributed by atoms with van der Waals surface area (Å²) < 4.78 is 13.0. The Morgan fingerprint density at radius 2 is 1.77 bits per heavy atom. The third kappa shape index (κ3) is 5.61. The first kappa shape index (κ1) is 30.2. The molecule has 0 saturated heterocycles. The maximum atomic E-state index is 13.8. The van der Waals surface area contributed by atoms with Gasteiger partial charge in [0.2, 0.25) is 11.5 Å². The van der Waals surface area contributed by atoms with E-state index in [1.54, 1.807) is 41.2 Å². The Morgan fingerprint density at radius 3 is 2.47 bits per heavy atom. The van der Waals surface area contributed by atoms with Gasteiger partial charge in [0.25, 0.3) is 5.56 Å². The highest BCUT2D eigenvalue weighted by Crippen LogP contribution is 2.42. The quantitative estimate of drug-likeness (QED) is 0.0932. The lowest BCUT2D eigenvalue weighted by Crippen LogP contribution is -2.47. The van der Waals surface area contributed by atoms with E-state index in [4.69, 9.17) is 19.7 Å². The van der Waals surface area contributed by atoms with Gasteiger partial charge in [0.05, 0.1) is 29.0 Å². The van der Waals surface area contributed by atoms with Gasteiger partial charge in [0.15, 0.2) is 0 Å². The monoisotopic (exact) mass is 591 g/mol. The second-order valence-electron chi connectivity index (χ2n) is 11.2. The van der Waals surface area contributed by atoms with Crippen LogP contribution in [0, 0.1) is 0 Å². The van der Waals surface area contributed by atoms with Crippen LogP contribution in [0.5, 0.6) is 5.75 Å². The van der Waals surface area contributed by atoms with Crippen LogP contribution in [0.1, 0.15) is 93.9 Å². The van der Waals surface area contributed by atoms with Crippen LogP contribution in [0.15, 0.2) is 29.1 Å². The molecule has 3 N–H and O–H groups in total. The van der Waals surface area contributed by atoms with Crippen LogP contribution in [0.3, 0.4) is 0 Å². The number of pyridine rings is 2. The number of aryl methyl sites for hydroxylation is 1. The molecule has 0 unspecified atom stereocenters. The van der Waals surface area contributed by atoms with Gasteiger partial charge in [-0.25, -0.2) is 15.3 Å². The molecule has 0 fully saturated rings. The molecule has 0 radical (unpaired) electrons. The number of phenolic OH excluding ortho intramolecular Hbond substituents is 1. The Hall–Kier alpha value is -4.25. The summed E-state index contributed by atoms with van der Waals surface area (Å²) >= 11 is 0. The van der Waals surface area contributed by atoms with E-state index in [-0.39, 0.29) is 37.2 Å². The topological polar surface area (TPSA) is 157 Å². The van der Waals surface area contributed by atoms with Crippen molar-refractivity contribution in [2.75, 3.05) is 0 Å². The van der Waals surface area contributed by atoms with Gasteiger partial charge >= 0.3 is 11.9 Å². The summed E-state index contributed by atoms with van der Waals surface area (Å²) in [7, 11) is 0. The molecular formula is C32H37N3O8. The smallest absolute Gasteiger partial charge is 0.355 e. The summed E-state index contributed by atoms with van der Waals surface area (Å²) in [5.74, 6) is -1.49. The van der Waals surface area contributed by atoms with E-state index in [0.717, 1.165) is 42.2 Å². The summed E-state index contributed by atoms with van der Waals surface area (Å²) in [5.41, 5.74) is 4.00. The normalized spacial score (nSPS) is 16.8. The van der Waals surface area contributed by atoms with Gasteiger partial charge in [-0.05, 0) is 55.5 Å². The van der Waals surface area contributed by atoms with Gasteiger partial charge in [-0.3, -0.25) is 19.6 Å². The molecular weight excluding hydrogens is 554 g/mol. The molecule has 43 heavy (non-hydrogen) atoms. The predicted molar refractivity (Wildman–Crippen MR) is 156 cm³/mol. The lowest BCUT2D eigenvalue weighted by molar-refractivity contribution is -0.189. The van der Waals surface area contributed by atoms with Crippen molar-refractivity contribution in [2.24, 2.45) is 0 Å². The van der Waals surface area contributed by atoms with E-state index in [1.807, 2.05) is 6.92 Å². The molecule has 0 bridgehead atoms. The minimum Gasteiger partial charge on any atom is -0.508 e. The number of hydrogen-bond acceptors (Lipinski definition) is 9. The molecule has 2 aromatic heterocycles. The number of carbonyl (C=O) groups is 3. The molecule has 1 atom stereocenters. The summed E-state index contributed by atoms with van der Waals surface area (Å²) in [6.45, 7) is 3.85. The number of aromatic nitrogens is 2. The van der Waals surface area contributed by atoms with Crippen molar-refractivity contribution in [3.63, 3.8) is 0 Å². The number of hydroxylamine groups is 1. The van der Waals surface area contributed by atoms with E-state index in [1.165, 1.54) is 0 Å². The molecule has 3 aromatic rings. The molecule has 11 nitrogen and oxygen atoms in total. The van der Waals surface area contributed by atoms with Crippen molar-refractivity contribution < 1.29 is 34.2 Å². The summed E-state index contributed by atoms with van der Waals surface area (Å²) in [5, 5.41) is 19.5. The Morgan fingerprint density at radius 1 is 1.05 bits per heavy atom. The Bertz CT molecular complexity index is 1650. The molecule has 0 aliphatic carbocycles. The molecule has 228 valence electrons. The lowest BCUT2D eigenvalue weighted by atomic mass is 9.85. The number of phenols is 1. The Kier molecular flexibility index (Phi) is 8.82. The maximum absolute atomic E-state index is 13.8. The van der Waals surface area contributed by atoms with Crippen LogP contribution in [-0.4, -0.2) is 37.7 Å². The third-order valence-corrected chi connectivity index (χ3v) is 8.56. The second kappa shape index (κ2) is 12.5. The van der Waals surface area contributed by atoms with E-state index >= 15 is 0 Å². The van der Waals surface area contributed by atoms with Crippen LogP contribution < -0.4 is 11.0 Å². The van der Waals surface area contributed by atoms with Crippen LogP contribution in [0.2, 0.25) is 0 Å². The number of esters is 2. The van der Waals surface area contributed by atoms with Gasteiger partial charge in [-0.2, -0.15) is 0 Å². The molecule has 5 rings (SSSR count). The number of aromatic hydroxyl groups is 1. The van der Waals surface area contributed by atoms with Gasteiger partial charge in [-0.1, -0.05) is 39.5 Å². The minimum absolute atomic E-state index is 0.104. The van der Waals surface area contributed by atoms with E-state index < -0.39 is 23.4 Å². The minimum atomic E-state index is -1.73. The number of fused-ring (bicyclic) bond motifs is 5. The number of amides is 1. The van der Waals surface area contributed by atoms with E-state index in [2.05, 4.69) is 0 Å². The molecule has 1 amide bonds. The largest absolute Gasteiger partial charge is 0.508 e. The molecule has 1 aromatic carbocycles. The van der Waals surface area contributed by atoms with Crippen LogP contribution in [-0.2, 0) is 49.0 Å². The summed E-state index contributed by atoms with van der Waals surface area (Å²) in [4.78, 5) is 56.0. The maximum Gasteiger partial charge on any atom is 0.355 e. The molecule has 2 aliphatic rings. The van der Waals surface area contributed by atoms with Crippen LogP contribution in [0.25, 0.3) is 22.3 Å². The van der Waals surface area contributed by atoms with Crippen LogP contribution in [0.4, 0.5) is 0 Å². The van der Waals surface area contributed by atoms with E-state index in [0.29, 0.717) is 53.8 Å². The predicted octanol–water partition coefficient (Wildman–Crippen LogP) is 4.52. The first-order chi connectivity index (χ1) is 20.7. The molecule has 11 heteroatoms. The Balaban J connectivity index is 1.38. The Labute approximate surface area is 248 Å². The number of nitrogens with one attached hydrogen (secondary N) is 1. The number of cyclic esters (lactones) is 1. The average molecular weight is 592 g/mol. The molecule has 4 heterocycles. The second-order valence-corrected chi connectivity index (χ2v) is 11.2. The van der Waals surface area contributed by atoms with Gasteiger partial charge in [0.1, 0.15) is 12.4 Å². The highest BCUT2D eigenvalue weighted by atomic mass is 16.6. The van der Waals surface area contributed by atoms with Crippen molar-refractivity contribution in [3.05, 3.63) is 56.9 Å². The fourth-order valence-corrected chi connectivity index (χ4v) is 6.27. The van der Waals surface area contributed by atoms with Gasteiger partial charge in [-0.15, -0.1) is 0 Å². The molecule has 2 aliphatic heterocycles.